The molecule has 2 aromatic rings. The fourth-order valence-electron chi connectivity index (χ4n) is 2.44. The highest BCUT2D eigenvalue weighted by atomic mass is 32.1. The summed E-state index contributed by atoms with van der Waals surface area (Å²) in [6.45, 7) is 10.8. The molecule has 20 heavy (non-hydrogen) atoms. The lowest BCUT2D eigenvalue weighted by atomic mass is 9.98. The monoisotopic (exact) mass is 291 g/mol. The quantitative estimate of drug-likeness (QED) is 0.835. The summed E-state index contributed by atoms with van der Waals surface area (Å²) in [4.78, 5) is 5.63. The molecule has 0 saturated carbocycles. The van der Waals surface area contributed by atoms with Crippen LogP contribution in [0, 0.1) is 12.8 Å². The average molecular weight is 291 g/mol. The van der Waals surface area contributed by atoms with Crippen molar-refractivity contribution in [1.82, 2.24) is 14.9 Å². The molecule has 0 aliphatic heterocycles. The Hall–Kier alpha value is -1.13. The molecule has 0 radical (unpaired) electrons. The molecule has 2 rings (SSSR count). The van der Waals surface area contributed by atoms with Gasteiger partial charge in [0.05, 0.1) is 11.6 Å². The Bertz CT molecular complexity index is 527. The summed E-state index contributed by atoms with van der Waals surface area (Å²) >= 11 is 1.77. The molecular formula is C16H25N3S. The Morgan fingerprint density at radius 3 is 2.80 bits per heavy atom. The molecule has 0 aliphatic rings. The van der Waals surface area contributed by atoms with Gasteiger partial charge in [-0.3, -0.25) is 0 Å². The van der Waals surface area contributed by atoms with Gasteiger partial charge < -0.3 is 9.88 Å². The van der Waals surface area contributed by atoms with Crippen molar-refractivity contribution in [2.24, 2.45) is 5.92 Å². The summed E-state index contributed by atoms with van der Waals surface area (Å²) in [5, 5.41) is 4.78. The van der Waals surface area contributed by atoms with Crippen LogP contribution in [0.5, 0.6) is 0 Å². The summed E-state index contributed by atoms with van der Waals surface area (Å²) in [5.74, 6) is 0.600. The van der Waals surface area contributed by atoms with Crippen molar-refractivity contribution in [2.45, 2.75) is 46.7 Å². The van der Waals surface area contributed by atoms with Gasteiger partial charge in [-0.05, 0) is 37.4 Å². The fourth-order valence-corrected chi connectivity index (χ4v) is 3.24. The van der Waals surface area contributed by atoms with Crippen molar-refractivity contribution in [1.29, 1.82) is 0 Å². The number of nitrogens with one attached hydrogen (secondary N) is 1. The van der Waals surface area contributed by atoms with Gasteiger partial charge in [-0.25, -0.2) is 4.98 Å². The normalized spacial score (nSPS) is 13.1. The molecule has 3 nitrogen and oxygen atoms in total. The van der Waals surface area contributed by atoms with Crippen LogP contribution in [0.2, 0.25) is 0 Å². The van der Waals surface area contributed by atoms with Crippen LogP contribution in [-0.2, 0) is 6.54 Å². The molecule has 0 saturated heterocycles. The van der Waals surface area contributed by atoms with E-state index in [2.05, 4.69) is 61.0 Å². The fraction of sp³-hybridized carbons (Fsp3) is 0.562. The first-order valence-corrected chi connectivity index (χ1v) is 8.22. The second-order valence-corrected chi connectivity index (χ2v) is 6.96. The van der Waals surface area contributed by atoms with Gasteiger partial charge in [0.15, 0.2) is 0 Å². The summed E-state index contributed by atoms with van der Waals surface area (Å²) in [5.41, 5.74) is 1.38. The van der Waals surface area contributed by atoms with Gasteiger partial charge in [0.1, 0.15) is 0 Å². The molecule has 0 spiro atoms. The van der Waals surface area contributed by atoms with Gasteiger partial charge in [0.2, 0.25) is 0 Å². The topological polar surface area (TPSA) is 29.9 Å². The molecular weight excluding hydrogens is 266 g/mol. The van der Waals surface area contributed by atoms with Gasteiger partial charge in [0.25, 0.3) is 0 Å². The van der Waals surface area contributed by atoms with E-state index >= 15 is 0 Å². The van der Waals surface area contributed by atoms with Crippen LogP contribution >= 0.6 is 11.3 Å². The predicted molar refractivity (Wildman–Crippen MR) is 86.3 cm³/mol. The zero-order valence-corrected chi connectivity index (χ0v) is 13.7. The van der Waals surface area contributed by atoms with E-state index in [1.54, 1.807) is 11.3 Å². The van der Waals surface area contributed by atoms with Gasteiger partial charge in [0, 0.05) is 29.5 Å². The smallest absolute Gasteiger partial charge is 0.0897 e. The maximum absolute atomic E-state index is 4.32. The third-order valence-electron chi connectivity index (χ3n) is 3.42. The van der Waals surface area contributed by atoms with Gasteiger partial charge in [-0.2, -0.15) is 0 Å². The maximum atomic E-state index is 4.32. The van der Waals surface area contributed by atoms with E-state index in [0.29, 0.717) is 12.0 Å². The van der Waals surface area contributed by atoms with E-state index in [9.17, 15) is 0 Å². The molecule has 0 aromatic carbocycles. The first kappa shape index (κ1) is 15.3. The van der Waals surface area contributed by atoms with Crippen LogP contribution in [0.4, 0.5) is 0 Å². The number of aryl methyl sites for hydroxylation is 1. The van der Waals surface area contributed by atoms with E-state index in [1.807, 2.05) is 6.20 Å². The Kier molecular flexibility index (Phi) is 5.38. The average Bonchev–Trinajstić information content (AvgIpc) is 3.00. The molecule has 4 heteroatoms. The highest BCUT2D eigenvalue weighted by Gasteiger charge is 2.15. The number of rotatable bonds is 7. The largest absolute Gasteiger partial charge is 0.349 e. The Balaban J connectivity index is 2.06. The number of nitrogens with zero attached hydrogens (tertiary/aromatic N) is 2. The van der Waals surface area contributed by atoms with Gasteiger partial charge >= 0.3 is 0 Å². The van der Waals surface area contributed by atoms with Crippen LogP contribution in [0.15, 0.2) is 24.7 Å². The van der Waals surface area contributed by atoms with E-state index in [-0.39, 0.29) is 0 Å². The Morgan fingerprint density at radius 1 is 1.40 bits per heavy atom. The molecule has 2 aromatic heterocycles. The lowest BCUT2D eigenvalue weighted by Gasteiger charge is -2.21. The van der Waals surface area contributed by atoms with E-state index in [4.69, 9.17) is 0 Å². The lowest BCUT2D eigenvalue weighted by molar-refractivity contribution is 0.412. The second kappa shape index (κ2) is 7.04. The zero-order valence-electron chi connectivity index (χ0n) is 12.9. The summed E-state index contributed by atoms with van der Waals surface area (Å²) in [6.07, 6.45) is 7.59. The molecule has 1 unspecified atom stereocenters. The lowest BCUT2D eigenvalue weighted by Crippen LogP contribution is -2.26. The molecule has 0 bridgehead atoms. The van der Waals surface area contributed by atoms with Crippen LogP contribution in [0.25, 0.3) is 0 Å². The van der Waals surface area contributed by atoms with Crippen LogP contribution in [0.3, 0.4) is 0 Å². The Morgan fingerprint density at radius 2 is 2.20 bits per heavy atom. The minimum atomic E-state index is 0.444. The summed E-state index contributed by atoms with van der Waals surface area (Å²) in [6, 6.07) is 2.68. The molecule has 1 atom stereocenters. The van der Waals surface area contributed by atoms with Crippen LogP contribution in [0.1, 0.15) is 48.7 Å². The van der Waals surface area contributed by atoms with Crippen molar-refractivity contribution in [3.63, 3.8) is 0 Å². The Labute approximate surface area is 126 Å². The molecule has 0 aliphatic carbocycles. The van der Waals surface area contributed by atoms with Crippen LogP contribution in [-0.4, -0.2) is 16.1 Å². The van der Waals surface area contributed by atoms with Crippen molar-refractivity contribution in [3.8, 4) is 0 Å². The van der Waals surface area contributed by atoms with Gasteiger partial charge in [-0.1, -0.05) is 20.8 Å². The minimum Gasteiger partial charge on any atom is -0.349 e. The number of aromatic nitrogens is 2. The molecule has 2 heterocycles. The highest BCUT2D eigenvalue weighted by Crippen LogP contribution is 2.23. The van der Waals surface area contributed by atoms with Crippen molar-refractivity contribution in [3.05, 3.63) is 40.1 Å². The van der Waals surface area contributed by atoms with E-state index in [0.717, 1.165) is 18.1 Å². The third-order valence-corrected chi connectivity index (χ3v) is 4.32. The highest BCUT2D eigenvalue weighted by molar-refractivity contribution is 7.11. The molecule has 0 amide bonds. The van der Waals surface area contributed by atoms with Crippen molar-refractivity contribution in [2.75, 3.05) is 6.54 Å². The predicted octanol–water partition coefficient (Wildman–Crippen LogP) is 4.00. The minimum absolute atomic E-state index is 0.444. The molecule has 1 N–H and O–H groups in total. The standard InChI is InChI=1S/C16H25N3S/c1-5-7-17-16(12(2)3)14-6-8-19(10-14)11-15-9-18-13(4)20-15/h6,8-10,12,16-17H,5,7,11H2,1-4H3. The third kappa shape index (κ3) is 3.93. The number of thiazole rings is 1. The van der Waals surface area contributed by atoms with E-state index in [1.165, 1.54) is 16.9 Å². The van der Waals surface area contributed by atoms with Crippen molar-refractivity contribution >= 4 is 11.3 Å². The first-order valence-electron chi connectivity index (χ1n) is 7.40. The van der Waals surface area contributed by atoms with E-state index < -0.39 is 0 Å². The zero-order chi connectivity index (χ0) is 14.5. The second-order valence-electron chi connectivity index (χ2n) is 5.64. The van der Waals surface area contributed by atoms with Crippen LogP contribution < -0.4 is 5.32 Å². The number of hydrogen-bond acceptors (Lipinski definition) is 3. The summed E-state index contributed by atoms with van der Waals surface area (Å²) in [7, 11) is 0. The maximum Gasteiger partial charge on any atom is 0.0897 e. The van der Waals surface area contributed by atoms with Gasteiger partial charge in [-0.15, -0.1) is 11.3 Å². The first-order chi connectivity index (χ1) is 9.60. The SMILES string of the molecule is CCCNC(c1ccn(Cc2cnc(C)s2)c1)C(C)C. The van der Waals surface area contributed by atoms with Crippen molar-refractivity contribution < 1.29 is 0 Å². The number of hydrogen-bond donors (Lipinski definition) is 1. The molecule has 110 valence electrons. The molecule has 0 fully saturated rings. The summed E-state index contributed by atoms with van der Waals surface area (Å²) < 4.78 is 2.26.